The first kappa shape index (κ1) is 18.5. The molecule has 0 radical (unpaired) electrons. The number of amides is 1. The summed E-state index contributed by atoms with van der Waals surface area (Å²) in [6.45, 7) is 0. The lowest BCUT2D eigenvalue weighted by molar-refractivity contribution is -0.384. The zero-order valence-electron chi connectivity index (χ0n) is 15.1. The highest BCUT2D eigenvalue weighted by molar-refractivity contribution is 8.04. The number of imidazole rings is 1. The second-order valence-electron chi connectivity index (χ2n) is 6.05. The molecule has 0 spiro atoms. The predicted octanol–water partition coefficient (Wildman–Crippen LogP) is 3.45. The predicted molar refractivity (Wildman–Crippen MR) is 108 cm³/mol. The molecule has 4 rings (SSSR count). The molecular formula is C19H13N5O4S. The number of allylic oxidation sites excluding steroid dienone is 1. The van der Waals surface area contributed by atoms with Crippen molar-refractivity contribution in [1.29, 1.82) is 5.26 Å². The largest absolute Gasteiger partial charge is 0.497 e. The zero-order valence-corrected chi connectivity index (χ0v) is 15.9. The molecule has 144 valence electrons. The SMILES string of the molecule is COc1ccc(N2C(=O)CS/C2=C(\C#N)c2nc3ccc([N+](=O)[O-])cc3[nH]2)cc1. The Hall–Kier alpha value is -3.84. The first-order valence-corrected chi connectivity index (χ1v) is 9.39. The normalized spacial score (nSPS) is 15.4. The maximum atomic E-state index is 12.5. The van der Waals surface area contributed by atoms with Gasteiger partial charge in [-0.25, -0.2) is 4.98 Å². The minimum Gasteiger partial charge on any atom is -0.497 e. The molecule has 2 aromatic carbocycles. The lowest BCUT2D eigenvalue weighted by Gasteiger charge is -2.18. The van der Waals surface area contributed by atoms with Gasteiger partial charge in [0, 0.05) is 17.8 Å². The van der Waals surface area contributed by atoms with Crippen molar-refractivity contribution >= 4 is 45.7 Å². The van der Waals surface area contributed by atoms with Crippen molar-refractivity contribution in [2.45, 2.75) is 0 Å². The van der Waals surface area contributed by atoms with Gasteiger partial charge in [0.1, 0.15) is 22.4 Å². The van der Waals surface area contributed by atoms with Crippen LogP contribution in [0.5, 0.6) is 5.75 Å². The fourth-order valence-corrected chi connectivity index (χ4v) is 3.99. The van der Waals surface area contributed by atoms with E-state index in [0.717, 1.165) is 0 Å². The first-order valence-electron chi connectivity index (χ1n) is 8.40. The van der Waals surface area contributed by atoms with Gasteiger partial charge in [-0.3, -0.25) is 19.8 Å². The van der Waals surface area contributed by atoms with Crippen LogP contribution >= 0.6 is 11.8 Å². The van der Waals surface area contributed by atoms with E-state index in [4.69, 9.17) is 4.74 Å². The summed E-state index contributed by atoms with van der Waals surface area (Å²) in [5.41, 5.74) is 1.65. The van der Waals surface area contributed by atoms with Crippen LogP contribution in [0.25, 0.3) is 16.6 Å². The molecule has 2 heterocycles. The molecule has 10 heteroatoms. The summed E-state index contributed by atoms with van der Waals surface area (Å²) in [5.74, 6) is 0.935. The second kappa shape index (κ2) is 7.29. The Morgan fingerprint density at radius 2 is 2.10 bits per heavy atom. The van der Waals surface area contributed by atoms with E-state index in [2.05, 4.69) is 16.0 Å². The summed E-state index contributed by atoms with van der Waals surface area (Å²) < 4.78 is 5.15. The monoisotopic (exact) mass is 407 g/mol. The van der Waals surface area contributed by atoms with Crippen LogP contribution < -0.4 is 9.64 Å². The van der Waals surface area contributed by atoms with Gasteiger partial charge in [-0.05, 0) is 30.3 Å². The smallest absolute Gasteiger partial charge is 0.271 e. The van der Waals surface area contributed by atoms with Crippen LogP contribution in [0, 0.1) is 21.4 Å². The maximum Gasteiger partial charge on any atom is 0.271 e. The van der Waals surface area contributed by atoms with Crippen LogP contribution in [0.2, 0.25) is 0 Å². The number of aromatic nitrogens is 2. The van der Waals surface area contributed by atoms with Crippen molar-refractivity contribution in [2.75, 3.05) is 17.8 Å². The fraction of sp³-hybridized carbons (Fsp3) is 0.105. The van der Waals surface area contributed by atoms with E-state index >= 15 is 0 Å². The molecule has 1 saturated heterocycles. The van der Waals surface area contributed by atoms with E-state index in [-0.39, 0.29) is 28.7 Å². The molecule has 1 aliphatic heterocycles. The Labute approximate surface area is 168 Å². The number of methoxy groups -OCH3 is 1. The molecule has 3 aromatic rings. The molecule has 1 aromatic heterocycles. The molecule has 0 bridgehead atoms. The molecule has 1 aliphatic rings. The maximum absolute atomic E-state index is 12.5. The second-order valence-corrected chi connectivity index (χ2v) is 7.02. The van der Waals surface area contributed by atoms with Crippen LogP contribution in [0.1, 0.15) is 5.82 Å². The van der Waals surface area contributed by atoms with Crippen molar-refractivity contribution in [3.63, 3.8) is 0 Å². The number of nitro benzene ring substituents is 1. The van der Waals surface area contributed by atoms with Crippen LogP contribution in [-0.2, 0) is 4.79 Å². The molecular weight excluding hydrogens is 394 g/mol. The number of thioether (sulfide) groups is 1. The van der Waals surface area contributed by atoms with Gasteiger partial charge in [0.15, 0.2) is 5.82 Å². The van der Waals surface area contributed by atoms with Crippen LogP contribution in [0.4, 0.5) is 11.4 Å². The molecule has 1 fully saturated rings. The van der Waals surface area contributed by atoms with E-state index in [1.807, 2.05) is 0 Å². The van der Waals surface area contributed by atoms with Crippen LogP contribution in [0.3, 0.4) is 0 Å². The van der Waals surface area contributed by atoms with Gasteiger partial charge in [0.2, 0.25) is 5.91 Å². The van der Waals surface area contributed by atoms with Crippen LogP contribution in [0.15, 0.2) is 47.5 Å². The topological polar surface area (TPSA) is 125 Å². The molecule has 0 aliphatic carbocycles. The van der Waals surface area contributed by atoms with E-state index in [0.29, 0.717) is 27.5 Å². The van der Waals surface area contributed by atoms with Crippen LogP contribution in [-0.4, -0.2) is 33.7 Å². The summed E-state index contributed by atoms with van der Waals surface area (Å²) >= 11 is 1.24. The van der Waals surface area contributed by atoms with Crippen molar-refractivity contribution in [3.05, 3.63) is 63.4 Å². The number of nitriles is 1. The summed E-state index contributed by atoms with van der Waals surface area (Å²) in [5, 5.41) is 21.2. The zero-order chi connectivity index (χ0) is 20.5. The third-order valence-corrected chi connectivity index (χ3v) is 5.41. The number of rotatable bonds is 4. The number of fused-ring (bicyclic) bond motifs is 1. The number of nitro groups is 1. The van der Waals surface area contributed by atoms with Gasteiger partial charge in [-0.1, -0.05) is 11.8 Å². The lowest BCUT2D eigenvalue weighted by atomic mass is 10.2. The average molecular weight is 407 g/mol. The van der Waals surface area contributed by atoms with Gasteiger partial charge in [-0.15, -0.1) is 0 Å². The minimum atomic E-state index is -0.499. The van der Waals surface area contributed by atoms with Gasteiger partial charge in [0.25, 0.3) is 5.69 Å². The third-order valence-electron chi connectivity index (χ3n) is 4.35. The molecule has 1 N–H and O–H groups in total. The molecule has 0 atom stereocenters. The number of hydrogen-bond acceptors (Lipinski definition) is 7. The van der Waals surface area contributed by atoms with Gasteiger partial charge >= 0.3 is 0 Å². The number of nitrogens with zero attached hydrogens (tertiary/aromatic N) is 4. The number of H-pyrrole nitrogens is 1. The first-order chi connectivity index (χ1) is 14.0. The third kappa shape index (κ3) is 3.28. The lowest BCUT2D eigenvalue weighted by Crippen LogP contribution is -2.24. The summed E-state index contributed by atoms with van der Waals surface area (Å²) in [6, 6.07) is 13.3. The number of ether oxygens (including phenoxy) is 1. The van der Waals surface area contributed by atoms with Crippen molar-refractivity contribution in [2.24, 2.45) is 0 Å². The molecule has 1 amide bonds. The Bertz CT molecular complexity index is 1210. The summed E-state index contributed by atoms with van der Waals surface area (Å²) in [7, 11) is 1.55. The van der Waals surface area contributed by atoms with E-state index < -0.39 is 4.92 Å². The molecule has 29 heavy (non-hydrogen) atoms. The molecule has 9 nitrogen and oxygen atoms in total. The standard InChI is InChI=1S/C19H13N5O4S/c1-28-13-5-2-11(3-6-13)23-17(25)10-29-19(23)14(9-20)18-21-15-7-4-12(24(26)27)8-16(15)22-18/h2-8H,10H2,1H3,(H,21,22)/b19-14+. The highest BCUT2D eigenvalue weighted by atomic mass is 32.2. The number of aromatic amines is 1. The van der Waals surface area contributed by atoms with E-state index in [1.54, 1.807) is 31.4 Å². The Kier molecular flexibility index (Phi) is 4.66. The van der Waals surface area contributed by atoms with Crippen molar-refractivity contribution < 1.29 is 14.5 Å². The number of hydrogen-bond donors (Lipinski definition) is 1. The number of carbonyl (C=O) groups excluding carboxylic acids is 1. The Morgan fingerprint density at radius 3 is 2.76 bits per heavy atom. The number of anilines is 1. The van der Waals surface area contributed by atoms with Gasteiger partial charge in [-0.2, -0.15) is 5.26 Å². The average Bonchev–Trinajstić information content (AvgIpc) is 3.32. The fourth-order valence-electron chi connectivity index (χ4n) is 2.98. The Morgan fingerprint density at radius 1 is 1.34 bits per heavy atom. The Balaban J connectivity index is 1.81. The number of carbonyl (C=O) groups is 1. The highest BCUT2D eigenvalue weighted by Crippen LogP contribution is 2.39. The molecule has 0 unspecified atom stereocenters. The van der Waals surface area contributed by atoms with Gasteiger partial charge < -0.3 is 9.72 Å². The number of non-ortho nitro benzene ring substituents is 1. The van der Waals surface area contributed by atoms with E-state index in [9.17, 15) is 20.2 Å². The molecule has 0 saturated carbocycles. The number of benzene rings is 2. The summed E-state index contributed by atoms with van der Waals surface area (Å²) in [4.78, 5) is 31.8. The number of nitrogens with one attached hydrogen (secondary N) is 1. The van der Waals surface area contributed by atoms with E-state index in [1.165, 1.54) is 34.9 Å². The van der Waals surface area contributed by atoms with Gasteiger partial charge in [0.05, 0.1) is 28.8 Å². The summed E-state index contributed by atoms with van der Waals surface area (Å²) in [6.07, 6.45) is 0. The van der Waals surface area contributed by atoms with Crippen molar-refractivity contribution in [1.82, 2.24) is 9.97 Å². The highest BCUT2D eigenvalue weighted by Gasteiger charge is 2.32. The quantitative estimate of drug-likeness (QED) is 0.399. The van der Waals surface area contributed by atoms with Crippen molar-refractivity contribution in [3.8, 4) is 11.8 Å². The minimum absolute atomic E-state index is 0.0795.